The fourth-order valence-electron chi connectivity index (χ4n) is 4.39. The fraction of sp³-hybridized carbons (Fsp3) is 0.387. The first-order chi connectivity index (χ1) is 17.9. The van der Waals surface area contributed by atoms with Crippen LogP contribution in [0.15, 0.2) is 91.0 Å². The first kappa shape index (κ1) is 27.4. The third-order valence-electron chi connectivity index (χ3n) is 6.59. The molecule has 3 aromatic carbocycles. The van der Waals surface area contributed by atoms with E-state index in [0.717, 1.165) is 16.7 Å². The summed E-state index contributed by atoms with van der Waals surface area (Å²) in [6, 6.07) is 30.2. The van der Waals surface area contributed by atoms with Crippen molar-refractivity contribution >= 4 is 13.5 Å². The van der Waals surface area contributed by atoms with Gasteiger partial charge in [-0.1, -0.05) is 111 Å². The van der Waals surface area contributed by atoms with Crippen LogP contribution in [0.4, 0.5) is 0 Å². The highest BCUT2D eigenvalue weighted by molar-refractivity contribution is 7.03. The van der Waals surface area contributed by atoms with E-state index in [4.69, 9.17) is 18.9 Å². The molecule has 1 aliphatic heterocycles. The highest BCUT2D eigenvalue weighted by atomic mass is 28.3. The SMILES string of the molecule is C[Si](C)(C)C(=O)C[C@@H]1O[C@H](COCc2ccccc2)[C@@H](OCc2ccccc2)[C@H]1OCc1ccccc1. The Hall–Kier alpha value is -2.61. The predicted octanol–water partition coefficient (Wildman–Crippen LogP) is 5.98. The van der Waals surface area contributed by atoms with Crippen molar-refractivity contribution in [3.8, 4) is 0 Å². The molecule has 0 saturated carbocycles. The summed E-state index contributed by atoms with van der Waals surface area (Å²) in [5.74, 6) is 0. The summed E-state index contributed by atoms with van der Waals surface area (Å²) in [4.78, 5) is 13.1. The highest BCUT2D eigenvalue weighted by Gasteiger charge is 2.47. The van der Waals surface area contributed by atoms with Gasteiger partial charge in [0, 0.05) is 6.42 Å². The van der Waals surface area contributed by atoms with Crippen LogP contribution in [0.2, 0.25) is 19.6 Å². The second-order valence-corrected chi connectivity index (χ2v) is 15.7. The average Bonchev–Trinajstić information content (AvgIpc) is 3.23. The number of hydrogen-bond donors (Lipinski definition) is 0. The van der Waals surface area contributed by atoms with Crippen molar-refractivity contribution in [2.75, 3.05) is 6.61 Å². The Morgan fingerprint density at radius 2 is 1.11 bits per heavy atom. The van der Waals surface area contributed by atoms with Gasteiger partial charge in [0.1, 0.15) is 31.8 Å². The number of benzene rings is 3. The van der Waals surface area contributed by atoms with Gasteiger partial charge in [0.2, 0.25) is 0 Å². The average molecular weight is 519 g/mol. The van der Waals surface area contributed by atoms with Crippen LogP contribution < -0.4 is 0 Å². The lowest BCUT2D eigenvalue weighted by Gasteiger charge is -2.26. The number of carbonyl (C=O) groups is 1. The quantitative estimate of drug-likeness (QED) is 0.261. The maximum Gasteiger partial charge on any atom is 0.124 e. The van der Waals surface area contributed by atoms with E-state index < -0.39 is 8.07 Å². The van der Waals surface area contributed by atoms with Crippen molar-refractivity contribution in [1.82, 2.24) is 0 Å². The fourth-order valence-corrected chi connectivity index (χ4v) is 5.21. The maximum absolute atomic E-state index is 13.1. The van der Waals surface area contributed by atoms with Gasteiger partial charge >= 0.3 is 0 Å². The summed E-state index contributed by atoms with van der Waals surface area (Å²) in [6.45, 7) is 7.94. The predicted molar refractivity (Wildman–Crippen MR) is 148 cm³/mol. The Kier molecular flexibility index (Phi) is 9.83. The molecule has 5 nitrogen and oxygen atoms in total. The van der Waals surface area contributed by atoms with Gasteiger partial charge in [0.25, 0.3) is 0 Å². The van der Waals surface area contributed by atoms with Gasteiger partial charge in [-0.2, -0.15) is 0 Å². The van der Waals surface area contributed by atoms with Gasteiger partial charge in [0.05, 0.1) is 32.5 Å². The lowest BCUT2D eigenvalue weighted by molar-refractivity contribution is -0.118. The zero-order chi connectivity index (χ0) is 26.1. The third kappa shape index (κ3) is 8.19. The van der Waals surface area contributed by atoms with Crippen molar-refractivity contribution < 1.29 is 23.7 Å². The number of carbonyl (C=O) groups excluding carboxylic acids is 1. The topological polar surface area (TPSA) is 54.0 Å². The minimum Gasteiger partial charge on any atom is -0.374 e. The Bertz CT molecular complexity index is 1080. The molecule has 1 saturated heterocycles. The lowest BCUT2D eigenvalue weighted by Crippen LogP contribution is -2.42. The van der Waals surface area contributed by atoms with E-state index in [1.54, 1.807) is 0 Å². The summed E-state index contributed by atoms with van der Waals surface area (Å²) >= 11 is 0. The van der Waals surface area contributed by atoms with E-state index in [-0.39, 0.29) is 29.8 Å². The molecular formula is C31H38O5Si. The summed E-state index contributed by atoms with van der Waals surface area (Å²) in [6.07, 6.45) is -1.13. The molecule has 4 rings (SSSR count). The monoisotopic (exact) mass is 518 g/mol. The van der Waals surface area contributed by atoms with Gasteiger partial charge in [-0.3, -0.25) is 0 Å². The molecule has 0 unspecified atom stereocenters. The van der Waals surface area contributed by atoms with Crippen molar-refractivity contribution in [1.29, 1.82) is 0 Å². The van der Waals surface area contributed by atoms with Crippen LogP contribution in [0, 0.1) is 0 Å². The first-order valence-electron chi connectivity index (χ1n) is 13.0. The molecule has 196 valence electrons. The summed E-state index contributed by atoms with van der Waals surface area (Å²) < 4.78 is 25.5. The number of ether oxygens (including phenoxy) is 4. The first-order valence-corrected chi connectivity index (χ1v) is 16.5. The van der Waals surface area contributed by atoms with Crippen molar-refractivity contribution in [2.24, 2.45) is 0 Å². The smallest absolute Gasteiger partial charge is 0.124 e. The Morgan fingerprint density at radius 1 is 0.676 bits per heavy atom. The lowest BCUT2D eigenvalue weighted by atomic mass is 10.1. The molecule has 6 heteroatoms. The zero-order valence-electron chi connectivity index (χ0n) is 22.0. The van der Waals surface area contributed by atoms with Crippen molar-refractivity contribution in [2.45, 2.75) is 70.3 Å². The van der Waals surface area contributed by atoms with E-state index >= 15 is 0 Å². The molecule has 0 aromatic heterocycles. The standard InChI is InChI=1S/C31H38O5Si/c1-37(2,3)29(32)19-27-30(34-21-25-15-9-5-10-16-25)31(35-22-26-17-11-6-12-18-26)28(36-27)23-33-20-24-13-7-4-8-14-24/h4-18,27-28,30-31H,19-23H2,1-3H3/t27-,28+,30-,31+/m0/s1. The molecular weight excluding hydrogens is 480 g/mol. The van der Waals surface area contributed by atoms with Crippen LogP contribution in [-0.4, -0.2) is 44.5 Å². The van der Waals surface area contributed by atoms with Crippen molar-refractivity contribution in [3.63, 3.8) is 0 Å². The minimum absolute atomic E-state index is 0.276. The second-order valence-electron chi connectivity index (χ2n) is 10.6. The molecule has 0 amide bonds. The molecule has 4 atom stereocenters. The van der Waals surface area contributed by atoms with Gasteiger partial charge in [-0.15, -0.1) is 0 Å². The molecule has 0 N–H and O–H groups in total. The molecule has 0 radical (unpaired) electrons. The molecule has 0 bridgehead atoms. The second kappa shape index (κ2) is 13.3. The van der Waals surface area contributed by atoms with E-state index in [2.05, 4.69) is 19.6 Å². The molecule has 0 aliphatic carbocycles. The number of hydrogen-bond acceptors (Lipinski definition) is 5. The van der Waals surface area contributed by atoms with Gasteiger partial charge in [-0.05, 0) is 16.7 Å². The molecule has 3 aromatic rings. The Morgan fingerprint density at radius 3 is 1.57 bits per heavy atom. The highest BCUT2D eigenvalue weighted by Crippen LogP contribution is 2.32. The molecule has 37 heavy (non-hydrogen) atoms. The minimum atomic E-state index is -1.98. The Balaban J connectivity index is 1.51. The van der Waals surface area contributed by atoms with Gasteiger partial charge < -0.3 is 23.7 Å². The van der Waals surface area contributed by atoms with Crippen molar-refractivity contribution in [3.05, 3.63) is 108 Å². The van der Waals surface area contributed by atoms with Crippen LogP contribution in [0.3, 0.4) is 0 Å². The number of rotatable bonds is 13. The molecule has 1 heterocycles. The van der Waals surface area contributed by atoms with Gasteiger partial charge in [-0.25, -0.2) is 0 Å². The van der Waals surface area contributed by atoms with E-state index in [0.29, 0.717) is 32.8 Å². The van der Waals surface area contributed by atoms with Crippen LogP contribution in [0.5, 0.6) is 0 Å². The molecule has 1 fully saturated rings. The van der Waals surface area contributed by atoms with E-state index in [9.17, 15) is 4.79 Å². The van der Waals surface area contributed by atoms with Crippen LogP contribution in [-0.2, 0) is 43.6 Å². The van der Waals surface area contributed by atoms with E-state index in [1.807, 2.05) is 91.0 Å². The molecule has 0 spiro atoms. The van der Waals surface area contributed by atoms with Crippen LogP contribution in [0.1, 0.15) is 23.1 Å². The summed E-state index contributed by atoms with van der Waals surface area (Å²) in [5, 5.41) is 0.276. The van der Waals surface area contributed by atoms with Crippen LogP contribution in [0.25, 0.3) is 0 Å². The third-order valence-corrected chi connectivity index (χ3v) is 8.47. The summed E-state index contributed by atoms with van der Waals surface area (Å²) in [5.41, 5.74) is 3.25. The maximum atomic E-state index is 13.1. The van der Waals surface area contributed by atoms with E-state index in [1.165, 1.54) is 0 Å². The Labute approximate surface area is 221 Å². The van der Waals surface area contributed by atoms with Crippen LogP contribution >= 0.6 is 0 Å². The normalized spacial score (nSPS) is 21.7. The largest absolute Gasteiger partial charge is 0.374 e. The molecule has 1 aliphatic rings. The zero-order valence-corrected chi connectivity index (χ0v) is 23.0. The van der Waals surface area contributed by atoms with Gasteiger partial charge in [0.15, 0.2) is 0 Å². The summed E-state index contributed by atoms with van der Waals surface area (Å²) in [7, 11) is -1.98.